The molecule has 0 aliphatic carbocycles. The van der Waals surface area contributed by atoms with Crippen LogP contribution >= 0.6 is 34.5 Å². The quantitative estimate of drug-likeness (QED) is 0.613. The number of Topliss-reactive ketones (excluding diaryl/α,β-unsaturated/α-hetero) is 1. The van der Waals surface area contributed by atoms with Crippen molar-refractivity contribution in [2.75, 3.05) is 6.61 Å². The number of carbonyl (C=O) groups is 2. The van der Waals surface area contributed by atoms with Gasteiger partial charge in [-0.25, -0.2) is 4.98 Å². The van der Waals surface area contributed by atoms with Gasteiger partial charge in [-0.1, -0.05) is 23.2 Å². The standard InChI is InChI=1S/C14H11Cl2NO3S/c1-8-17-10(7-21-8)5-14(19)20-6-13(18)9-2-3-11(15)12(16)4-9/h2-4,7H,5-6H2,1H3. The molecule has 110 valence electrons. The SMILES string of the molecule is Cc1nc(CC(=O)OCC(=O)c2ccc(Cl)c(Cl)c2)cs1. The van der Waals surface area contributed by atoms with Gasteiger partial charge in [0.2, 0.25) is 0 Å². The zero-order valence-electron chi connectivity index (χ0n) is 11.1. The van der Waals surface area contributed by atoms with E-state index in [0.29, 0.717) is 16.3 Å². The van der Waals surface area contributed by atoms with Crippen molar-refractivity contribution in [3.63, 3.8) is 0 Å². The minimum atomic E-state index is -0.492. The van der Waals surface area contributed by atoms with E-state index in [2.05, 4.69) is 4.98 Å². The van der Waals surface area contributed by atoms with Crippen molar-refractivity contribution >= 4 is 46.3 Å². The summed E-state index contributed by atoms with van der Waals surface area (Å²) in [5, 5.41) is 3.32. The highest BCUT2D eigenvalue weighted by molar-refractivity contribution is 7.09. The van der Waals surface area contributed by atoms with Gasteiger partial charge in [-0.05, 0) is 25.1 Å². The lowest BCUT2D eigenvalue weighted by Crippen LogP contribution is -2.15. The van der Waals surface area contributed by atoms with Crippen molar-refractivity contribution < 1.29 is 14.3 Å². The smallest absolute Gasteiger partial charge is 0.312 e. The third-order valence-electron chi connectivity index (χ3n) is 2.60. The summed E-state index contributed by atoms with van der Waals surface area (Å²) in [6.45, 7) is 1.52. The van der Waals surface area contributed by atoms with E-state index in [1.54, 1.807) is 5.38 Å². The lowest BCUT2D eigenvalue weighted by Gasteiger charge is -2.04. The number of carbonyl (C=O) groups excluding carboxylic acids is 2. The van der Waals surface area contributed by atoms with Crippen LogP contribution < -0.4 is 0 Å². The van der Waals surface area contributed by atoms with Crippen LogP contribution in [-0.4, -0.2) is 23.3 Å². The summed E-state index contributed by atoms with van der Waals surface area (Å²) in [5.74, 6) is -0.829. The maximum Gasteiger partial charge on any atom is 0.312 e. The van der Waals surface area contributed by atoms with Crippen LogP contribution in [-0.2, 0) is 16.0 Å². The Morgan fingerprint density at radius 3 is 2.67 bits per heavy atom. The molecule has 0 bridgehead atoms. The van der Waals surface area contributed by atoms with E-state index >= 15 is 0 Å². The molecule has 2 rings (SSSR count). The summed E-state index contributed by atoms with van der Waals surface area (Å²) in [7, 11) is 0. The molecule has 4 nitrogen and oxygen atoms in total. The predicted molar refractivity (Wildman–Crippen MR) is 82.3 cm³/mol. The Morgan fingerprint density at radius 1 is 1.29 bits per heavy atom. The van der Waals surface area contributed by atoms with E-state index in [1.165, 1.54) is 29.5 Å². The summed E-state index contributed by atoms with van der Waals surface area (Å²) >= 11 is 13.1. The van der Waals surface area contributed by atoms with Gasteiger partial charge in [0.15, 0.2) is 12.4 Å². The number of rotatable bonds is 5. The van der Waals surface area contributed by atoms with E-state index < -0.39 is 5.97 Å². The normalized spacial score (nSPS) is 10.4. The lowest BCUT2D eigenvalue weighted by atomic mass is 10.1. The number of esters is 1. The molecule has 21 heavy (non-hydrogen) atoms. The van der Waals surface area contributed by atoms with Crippen molar-refractivity contribution in [3.05, 3.63) is 49.9 Å². The van der Waals surface area contributed by atoms with Crippen LogP contribution in [0.3, 0.4) is 0 Å². The lowest BCUT2D eigenvalue weighted by molar-refractivity contribution is -0.141. The number of benzene rings is 1. The maximum atomic E-state index is 11.9. The molecule has 7 heteroatoms. The number of ketones is 1. The number of halogens is 2. The monoisotopic (exact) mass is 343 g/mol. The summed E-state index contributed by atoms with van der Waals surface area (Å²) < 4.78 is 4.94. The van der Waals surface area contributed by atoms with E-state index in [9.17, 15) is 9.59 Å². The molecule has 0 aliphatic rings. The molecule has 0 N–H and O–H groups in total. The number of thiazole rings is 1. The van der Waals surface area contributed by atoms with E-state index in [-0.39, 0.29) is 23.8 Å². The molecule has 0 atom stereocenters. The van der Waals surface area contributed by atoms with Crippen LogP contribution in [0.25, 0.3) is 0 Å². The molecular formula is C14H11Cl2NO3S. The molecule has 0 spiro atoms. The Bertz CT molecular complexity index is 685. The molecule has 0 saturated carbocycles. The fraction of sp³-hybridized carbons (Fsp3) is 0.214. The molecule has 0 fully saturated rings. The number of nitrogens with zero attached hydrogens (tertiary/aromatic N) is 1. The Hall–Kier alpha value is -1.43. The van der Waals surface area contributed by atoms with Crippen LogP contribution in [0.5, 0.6) is 0 Å². The minimum absolute atomic E-state index is 0.0546. The van der Waals surface area contributed by atoms with Crippen molar-refractivity contribution in [1.82, 2.24) is 4.98 Å². The number of aromatic nitrogens is 1. The first-order valence-corrected chi connectivity index (χ1v) is 7.64. The summed E-state index contributed by atoms with van der Waals surface area (Å²) in [5.41, 5.74) is 0.992. The second-order valence-corrected chi connectivity index (χ2v) is 6.12. The minimum Gasteiger partial charge on any atom is -0.457 e. The van der Waals surface area contributed by atoms with E-state index in [4.69, 9.17) is 27.9 Å². The molecule has 1 aromatic heterocycles. The van der Waals surface area contributed by atoms with Gasteiger partial charge < -0.3 is 4.74 Å². The largest absolute Gasteiger partial charge is 0.457 e. The van der Waals surface area contributed by atoms with Gasteiger partial charge in [0.05, 0.1) is 27.2 Å². The van der Waals surface area contributed by atoms with Crippen molar-refractivity contribution in [2.45, 2.75) is 13.3 Å². The highest BCUT2D eigenvalue weighted by Crippen LogP contribution is 2.22. The molecule has 1 heterocycles. The molecule has 0 unspecified atom stereocenters. The highest BCUT2D eigenvalue weighted by atomic mass is 35.5. The van der Waals surface area contributed by atoms with Gasteiger partial charge in [-0.3, -0.25) is 9.59 Å². The average Bonchev–Trinajstić information content (AvgIpc) is 2.84. The van der Waals surface area contributed by atoms with Crippen molar-refractivity contribution in [1.29, 1.82) is 0 Å². The Labute approximate surface area is 135 Å². The molecular weight excluding hydrogens is 333 g/mol. The maximum absolute atomic E-state index is 11.9. The second kappa shape index (κ2) is 7.02. The third-order valence-corrected chi connectivity index (χ3v) is 4.16. The van der Waals surface area contributed by atoms with E-state index in [0.717, 1.165) is 5.01 Å². The molecule has 0 saturated heterocycles. The van der Waals surface area contributed by atoms with Crippen molar-refractivity contribution in [3.8, 4) is 0 Å². The average molecular weight is 344 g/mol. The Kier molecular flexibility index (Phi) is 5.33. The number of hydrogen-bond acceptors (Lipinski definition) is 5. The highest BCUT2D eigenvalue weighted by Gasteiger charge is 2.13. The summed E-state index contributed by atoms with van der Waals surface area (Å²) in [4.78, 5) is 27.7. The predicted octanol–water partition coefficient (Wildman–Crippen LogP) is 3.73. The first kappa shape index (κ1) is 15.9. The van der Waals surface area contributed by atoms with Crippen molar-refractivity contribution in [2.24, 2.45) is 0 Å². The number of ether oxygens (including phenoxy) is 1. The summed E-state index contributed by atoms with van der Waals surface area (Å²) in [6.07, 6.45) is 0.0546. The first-order valence-electron chi connectivity index (χ1n) is 6.00. The first-order chi connectivity index (χ1) is 9.95. The fourth-order valence-electron chi connectivity index (χ4n) is 1.59. The van der Waals surface area contributed by atoms with Gasteiger partial charge >= 0.3 is 5.97 Å². The topological polar surface area (TPSA) is 56.3 Å². The zero-order valence-corrected chi connectivity index (χ0v) is 13.4. The van der Waals surface area contributed by atoms with Crippen LogP contribution in [0.4, 0.5) is 0 Å². The molecule has 0 radical (unpaired) electrons. The molecule has 0 amide bonds. The van der Waals surface area contributed by atoms with Crippen LogP contribution in [0.1, 0.15) is 21.1 Å². The second-order valence-electron chi connectivity index (χ2n) is 4.25. The van der Waals surface area contributed by atoms with Crippen LogP contribution in [0, 0.1) is 6.92 Å². The molecule has 0 aliphatic heterocycles. The number of aryl methyl sites for hydroxylation is 1. The van der Waals surface area contributed by atoms with Gasteiger partial charge in [-0.15, -0.1) is 11.3 Å². The zero-order chi connectivity index (χ0) is 15.4. The van der Waals surface area contributed by atoms with Gasteiger partial charge in [0.1, 0.15) is 0 Å². The third kappa shape index (κ3) is 4.52. The molecule has 2 aromatic rings. The van der Waals surface area contributed by atoms with Gasteiger partial charge in [0, 0.05) is 10.9 Å². The van der Waals surface area contributed by atoms with E-state index in [1.807, 2.05) is 6.92 Å². The number of hydrogen-bond donors (Lipinski definition) is 0. The Balaban J connectivity index is 1.88. The Morgan fingerprint density at radius 2 is 2.05 bits per heavy atom. The van der Waals surface area contributed by atoms with Crippen LogP contribution in [0.2, 0.25) is 10.0 Å². The summed E-state index contributed by atoms with van der Waals surface area (Å²) in [6, 6.07) is 4.51. The fourth-order valence-corrected chi connectivity index (χ4v) is 2.50. The van der Waals surface area contributed by atoms with Gasteiger partial charge in [0.25, 0.3) is 0 Å². The molecule has 1 aromatic carbocycles. The van der Waals surface area contributed by atoms with Gasteiger partial charge in [-0.2, -0.15) is 0 Å². The van der Waals surface area contributed by atoms with Crippen LogP contribution in [0.15, 0.2) is 23.6 Å².